The third-order valence-corrected chi connectivity index (χ3v) is 6.31. The zero-order chi connectivity index (χ0) is 14.9. The van der Waals surface area contributed by atoms with Gasteiger partial charge in [0, 0.05) is 12.6 Å². The molecule has 2 heterocycles. The van der Waals surface area contributed by atoms with Crippen molar-refractivity contribution in [3.8, 4) is 0 Å². The number of sulfonamides is 1. The molecular weight excluding hydrogens is 284 g/mol. The minimum atomic E-state index is -3.26. The van der Waals surface area contributed by atoms with Crippen molar-refractivity contribution in [1.82, 2.24) is 5.32 Å². The zero-order valence-corrected chi connectivity index (χ0v) is 13.4. The Morgan fingerprint density at radius 3 is 2.86 bits per heavy atom. The molecule has 5 heteroatoms. The van der Waals surface area contributed by atoms with Crippen molar-refractivity contribution in [1.29, 1.82) is 0 Å². The molecule has 1 fully saturated rings. The standard InChI is InChI=1S/C16H24N2O2S/c1-13-10-14-6-2-3-8-16(14)18(11-13)21(19,20)12-15-7-4-5-9-17-15/h2-3,6,8,13,15,17H,4-5,7,9-12H2,1H3. The van der Waals surface area contributed by atoms with Crippen LogP contribution in [0.4, 0.5) is 5.69 Å². The van der Waals surface area contributed by atoms with Gasteiger partial charge in [-0.1, -0.05) is 31.5 Å². The van der Waals surface area contributed by atoms with Crippen molar-refractivity contribution >= 4 is 15.7 Å². The summed E-state index contributed by atoms with van der Waals surface area (Å²) in [4.78, 5) is 0. The fourth-order valence-electron chi connectivity index (χ4n) is 3.42. The Hall–Kier alpha value is -1.07. The number of nitrogens with one attached hydrogen (secondary N) is 1. The first-order valence-corrected chi connectivity index (χ1v) is 9.49. The van der Waals surface area contributed by atoms with E-state index >= 15 is 0 Å². The maximum atomic E-state index is 12.8. The highest BCUT2D eigenvalue weighted by Gasteiger charge is 2.32. The monoisotopic (exact) mass is 308 g/mol. The van der Waals surface area contributed by atoms with Gasteiger partial charge in [-0.3, -0.25) is 4.31 Å². The molecule has 0 aliphatic carbocycles. The summed E-state index contributed by atoms with van der Waals surface area (Å²) < 4.78 is 27.3. The summed E-state index contributed by atoms with van der Waals surface area (Å²) in [5.74, 6) is 0.586. The van der Waals surface area contributed by atoms with Crippen molar-refractivity contribution in [2.24, 2.45) is 5.92 Å². The zero-order valence-electron chi connectivity index (χ0n) is 12.6. The van der Waals surface area contributed by atoms with Crippen molar-refractivity contribution in [2.75, 3.05) is 23.1 Å². The highest BCUT2D eigenvalue weighted by Crippen LogP contribution is 2.32. The second kappa shape index (κ2) is 5.97. The molecule has 0 saturated carbocycles. The largest absolute Gasteiger partial charge is 0.313 e. The number of hydrogen-bond donors (Lipinski definition) is 1. The van der Waals surface area contributed by atoms with E-state index in [9.17, 15) is 8.42 Å². The number of para-hydroxylation sites is 1. The molecule has 21 heavy (non-hydrogen) atoms. The van der Waals surface area contributed by atoms with Gasteiger partial charge in [0.25, 0.3) is 0 Å². The first-order chi connectivity index (χ1) is 10.1. The third kappa shape index (κ3) is 3.24. The van der Waals surface area contributed by atoms with Gasteiger partial charge in [0.15, 0.2) is 0 Å². The van der Waals surface area contributed by atoms with Crippen LogP contribution in [0.1, 0.15) is 31.7 Å². The Balaban J connectivity index is 1.84. The fraction of sp³-hybridized carbons (Fsp3) is 0.625. The topological polar surface area (TPSA) is 49.4 Å². The Kier molecular flexibility index (Phi) is 4.22. The van der Waals surface area contributed by atoms with Crippen molar-refractivity contribution in [3.05, 3.63) is 29.8 Å². The van der Waals surface area contributed by atoms with Crippen LogP contribution in [-0.4, -0.2) is 33.3 Å². The third-order valence-electron chi connectivity index (χ3n) is 4.47. The molecule has 1 aromatic carbocycles. The molecule has 0 radical (unpaired) electrons. The highest BCUT2D eigenvalue weighted by atomic mass is 32.2. The molecule has 0 spiro atoms. The molecule has 116 valence electrons. The maximum absolute atomic E-state index is 12.8. The van der Waals surface area contributed by atoms with Gasteiger partial charge in [-0.25, -0.2) is 8.42 Å². The summed E-state index contributed by atoms with van der Waals surface area (Å²) in [6.45, 7) is 3.66. The number of nitrogens with zero attached hydrogens (tertiary/aromatic N) is 1. The van der Waals surface area contributed by atoms with Gasteiger partial charge < -0.3 is 5.32 Å². The number of fused-ring (bicyclic) bond motifs is 1. The van der Waals surface area contributed by atoms with Crippen LogP contribution in [0.2, 0.25) is 0 Å². The number of hydrogen-bond acceptors (Lipinski definition) is 3. The van der Waals surface area contributed by atoms with E-state index in [4.69, 9.17) is 0 Å². The fourth-order valence-corrected chi connectivity index (χ4v) is 5.35. The Morgan fingerprint density at radius 2 is 2.10 bits per heavy atom. The molecule has 1 aromatic rings. The predicted octanol–water partition coefficient (Wildman–Crippen LogP) is 2.16. The molecule has 2 atom stereocenters. The Labute approximate surface area is 127 Å². The summed E-state index contributed by atoms with van der Waals surface area (Å²) in [5, 5.41) is 3.34. The van der Waals surface area contributed by atoms with Gasteiger partial charge in [-0.2, -0.15) is 0 Å². The molecule has 2 aliphatic heterocycles. The summed E-state index contributed by atoms with van der Waals surface area (Å²) in [5.41, 5.74) is 2.03. The summed E-state index contributed by atoms with van der Waals surface area (Å²) in [6.07, 6.45) is 4.20. The van der Waals surface area contributed by atoms with Crippen molar-refractivity contribution < 1.29 is 8.42 Å². The SMILES string of the molecule is CC1Cc2ccccc2N(S(=O)(=O)CC2CCCCN2)C1. The quantitative estimate of drug-likeness (QED) is 0.931. The van der Waals surface area contributed by atoms with Crippen LogP contribution in [-0.2, 0) is 16.4 Å². The normalized spacial score (nSPS) is 26.4. The van der Waals surface area contributed by atoms with Crippen LogP contribution < -0.4 is 9.62 Å². The van der Waals surface area contributed by atoms with E-state index in [0.29, 0.717) is 12.5 Å². The van der Waals surface area contributed by atoms with E-state index in [0.717, 1.165) is 43.5 Å². The Morgan fingerprint density at radius 1 is 1.29 bits per heavy atom. The lowest BCUT2D eigenvalue weighted by atomic mass is 9.96. The molecule has 0 amide bonds. The van der Waals surface area contributed by atoms with Gasteiger partial charge >= 0.3 is 0 Å². The van der Waals surface area contributed by atoms with Crippen LogP contribution in [0, 0.1) is 5.92 Å². The molecule has 2 aliphatic rings. The lowest BCUT2D eigenvalue weighted by Gasteiger charge is -2.35. The number of rotatable bonds is 3. The average molecular weight is 308 g/mol. The predicted molar refractivity (Wildman–Crippen MR) is 86.1 cm³/mol. The van der Waals surface area contributed by atoms with E-state index in [-0.39, 0.29) is 11.8 Å². The first kappa shape index (κ1) is 14.9. The molecule has 0 bridgehead atoms. The number of benzene rings is 1. The molecule has 1 N–H and O–H groups in total. The molecule has 1 saturated heterocycles. The van der Waals surface area contributed by atoms with Gasteiger partial charge in [-0.05, 0) is 43.4 Å². The van der Waals surface area contributed by atoms with E-state index in [1.807, 2.05) is 24.3 Å². The summed E-state index contributed by atoms with van der Waals surface area (Å²) in [6, 6.07) is 8.01. The second-order valence-corrected chi connectivity index (χ2v) is 8.33. The lowest BCUT2D eigenvalue weighted by Crippen LogP contribution is -2.46. The molecule has 2 unspecified atom stereocenters. The van der Waals surface area contributed by atoms with Crippen LogP contribution in [0.3, 0.4) is 0 Å². The molecule has 0 aromatic heterocycles. The number of piperidine rings is 1. The molecule has 3 rings (SSSR count). The lowest BCUT2D eigenvalue weighted by molar-refractivity contribution is 0.422. The molecule has 4 nitrogen and oxygen atoms in total. The van der Waals surface area contributed by atoms with E-state index in [1.165, 1.54) is 0 Å². The van der Waals surface area contributed by atoms with Gasteiger partial charge in [-0.15, -0.1) is 0 Å². The summed E-state index contributed by atoms with van der Waals surface area (Å²) >= 11 is 0. The van der Waals surface area contributed by atoms with Crippen LogP contribution in [0.15, 0.2) is 24.3 Å². The minimum absolute atomic E-state index is 0.105. The summed E-state index contributed by atoms with van der Waals surface area (Å²) in [7, 11) is -3.26. The van der Waals surface area contributed by atoms with Crippen LogP contribution in [0.5, 0.6) is 0 Å². The highest BCUT2D eigenvalue weighted by molar-refractivity contribution is 7.92. The van der Waals surface area contributed by atoms with Crippen molar-refractivity contribution in [3.63, 3.8) is 0 Å². The smallest absolute Gasteiger partial charge is 0.236 e. The van der Waals surface area contributed by atoms with E-state index in [2.05, 4.69) is 12.2 Å². The molecular formula is C16H24N2O2S. The number of anilines is 1. The average Bonchev–Trinajstić information content (AvgIpc) is 2.47. The van der Waals surface area contributed by atoms with E-state index in [1.54, 1.807) is 4.31 Å². The van der Waals surface area contributed by atoms with E-state index < -0.39 is 10.0 Å². The minimum Gasteiger partial charge on any atom is -0.313 e. The van der Waals surface area contributed by atoms with Crippen LogP contribution >= 0.6 is 0 Å². The van der Waals surface area contributed by atoms with Gasteiger partial charge in [0.05, 0.1) is 11.4 Å². The first-order valence-electron chi connectivity index (χ1n) is 7.88. The second-order valence-electron chi connectivity index (χ2n) is 6.39. The maximum Gasteiger partial charge on any atom is 0.236 e. The Bertz CT molecular complexity index is 594. The van der Waals surface area contributed by atoms with Gasteiger partial charge in [0.1, 0.15) is 0 Å². The van der Waals surface area contributed by atoms with Crippen LogP contribution in [0.25, 0.3) is 0 Å². The van der Waals surface area contributed by atoms with Gasteiger partial charge in [0.2, 0.25) is 10.0 Å². The van der Waals surface area contributed by atoms with Crippen molar-refractivity contribution in [2.45, 2.75) is 38.6 Å².